The minimum atomic E-state index is -2.03. The van der Waals surface area contributed by atoms with E-state index >= 15 is 4.39 Å². The fourth-order valence-corrected chi connectivity index (χ4v) is 10.2. The highest BCUT2D eigenvalue weighted by molar-refractivity contribution is 5.85. The molecular formula is C29H42F2O7. The Morgan fingerprint density at radius 1 is 1.16 bits per heavy atom. The first-order valence-corrected chi connectivity index (χ1v) is 14.3. The molecule has 0 aromatic rings. The number of hydrogen-bond acceptors (Lipinski definition) is 6. The van der Waals surface area contributed by atoms with Crippen LogP contribution in [0.2, 0.25) is 0 Å². The first-order valence-electron chi connectivity index (χ1n) is 14.3. The Bertz CT molecular complexity index is 984. The molecule has 2 saturated heterocycles. The number of aliphatic carboxylic acids is 1. The van der Waals surface area contributed by atoms with Crippen molar-refractivity contribution >= 4 is 5.97 Å². The molecule has 0 amide bonds. The number of ether oxygens (including phenoxy) is 5. The first-order chi connectivity index (χ1) is 18.1. The first kappa shape index (κ1) is 27.1. The zero-order valence-electron chi connectivity index (χ0n) is 23.0. The molecule has 214 valence electrons. The summed E-state index contributed by atoms with van der Waals surface area (Å²) in [6, 6.07) is 0. The van der Waals surface area contributed by atoms with Crippen molar-refractivity contribution in [3.8, 4) is 0 Å². The standard InChI is InChI=1S/C29H42F2O7/c1-14(2)20-10-17-11-28(26-35-8-9-36-26)19-7-6-15(3)18(19)12-27(17,29(20,28)25(32)33)13-37-24-22(31)21(30)23(34-5)16(4)38-24/h10,14-19,21-24,26H,6-9,11-13H2,1-5H3,(H,32,33)/t15?,16-,17?,18?,19?,21-,22-,23-,24-,27?,28?,29?/m1/s1. The van der Waals surface area contributed by atoms with Crippen LogP contribution in [0.4, 0.5) is 8.78 Å². The fraction of sp³-hybridized carbons (Fsp3) is 0.897. The summed E-state index contributed by atoms with van der Waals surface area (Å²) in [5.74, 6) is -0.129. The van der Waals surface area contributed by atoms with Crippen molar-refractivity contribution in [2.24, 2.45) is 45.8 Å². The van der Waals surface area contributed by atoms with Gasteiger partial charge in [0.15, 0.2) is 24.9 Å². The van der Waals surface area contributed by atoms with Crippen LogP contribution in [-0.2, 0) is 28.5 Å². The topological polar surface area (TPSA) is 83.5 Å². The second-order valence-electron chi connectivity index (χ2n) is 13.1. The smallest absolute Gasteiger partial charge is 0.315 e. The van der Waals surface area contributed by atoms with Crippen LogP contribution in [0.5, 0.6) is 0 Å². The summed E-state index contributed by atoms with van der Waals surface area (Å²) in [6.45, 7) is 8.85. The van der Waals surface area contributed by atoms with Crippen molar-refractivity contribution in [2.45, 2.75) is 90.5 Å². The van der Waals surface area contributed by atoms with E-state index in [1.165, 1.54) is 7.11 Å². The van der Waals surface area contributed by atoms with Crippen LogP contribution in [0.1, 0.15) is 53.4 Å². The van der Waals surface area contributed by atoms with Gasteiger partial charge < -0.3 is 28.8 Å². The lowest BCUT2D eigenvalue weighted by molar-refractivity contribution is -0.291. The highest BCUT2D eigenvalue weighted by Crippen LogP contribution is 2.84. The highest BCUT2D eigenvalue weighted by Gasteiger charge is 2.86. The maximum atomic E-state index is 15.2. The molecule has 6 aliphatic rings. The van der Waals surface area contributed by atoms with E-state index in [0.717, 1.165) is 18.4 Å². The zero-order valence-corrected chi connectivity index (χ0v) is 23.0. The minimum Gasteiger partial charge on any atom is -0.481 e. The van der Waals surface area contributed by atoms with E-state index in [0.29, 0.717) is 32.0 Å². The number of allylic oxidation sites excluding steroid dienone is 1. The molecule has 7 unspecified atom stereocenters. The summed E-state index contributed by atoms with van der Waals surface area (Å²) in [5.41, 5.74) is -1.95. The maximum Gasteiger partial charge on any atom is 0.315 e. The molecule has 0 aromatic heterocycles. The van der Waals surface area contributed by atoms with Gasteiger partial charge in [0, 0.05) is 17.9 Å². The summed E-state index contributed by atoms with van der Waals surface area (Å²) in [5, 5.41) is 11.3. The van der Waals surface area contributed by atoms with Crippen molar-refractivity contribution in [3.05, 3.63) is 11.6 Å². The highest BCUT2D eigenvalue weighted by atomic mass is 19.2. The van der Waals surface area contributed by atoms with Crippen molar-refractivity contribution in [1.82, 2.24) is 0 Å². The number of rotatable bonds is 7. The number of carboxylic acid groups (broad SMARTS) is 1. The van der Waals surface area contributed by atoms with Crippen LogP contribution in [0, 0.1) is 45.8 Å². The molecule has 2 aliphatic heterocycles. The van der Waals surface area contributed by atoms with Gasteiger partial charge in [0.05, 0.1) is 25.9 Å². The summed E-state index contributed by atoms with van der Waals surface area (Å²) in [6.07, 6.45) is -2.26. The van der Waals surface area contributed by atoms with E-state index in [2.05, 4.69) is 13.0 Å². The third-order valence-corrected chi connectivity index (χ3v) is 11.4. The van der Waals surface area contributed by atoms with Crippen LogP contribution >= 0.6 is 0 Å². The SMILES string of the molecule is CO[C@H]1[C@H](F)[C@@H](F)[C@H](OCC23CC4C(C)CCC4C4(C5OCCO5)CC2C=C(C(C)C)C34C(=O)O)O[C@@H]1C. The van der Waals surface area contributed by atoms with Crippen LogP contribution in [0.15, 0.2) is 11.6 Å². The molecule has 0 spiro atoms. The summed E-state index contributed by atoms with van der Waals surface area (Å²) >= 11 is 0. The van der Waals surface area contributed by atoms with Crippen LogP contribution < -0.4 is 0 Å². The van der Waals surface area contributed by atoms with Gasteiger partial charge in [-0.3, -0.25) is 4.79 Å². The predicted octanol–water partition coefficient (Wildman–Crippen LogP) is 4.54. The maximum absolute atomic E-state index is 15.2. The van der Waals surface area contributed by atoms with Crippen LogP contribution in [-0.4, -0.2) is 75.1 Å². The molecule has 4 aliphatic carbocycles. The molecule has 3 saturated carbocycles. The zero-order chi connectivity index (χ0) is 27.2. The largest absolute Gasteiger partial charge is 0.481 e. The molecule has 9 heteroatoms. The predicted molar refractivity (Wildman–Crippen MR) is 133 cm³/mol. The monoisotopic (exact) mass is 540 g/mol. The molecule has 0 radical (unpaired) electrons. The fourth-order valence-electron chi connectivity index (χ4n) is 10.2. The second kappa shape index (κ2) is 9.20. The summed E-state index contributed by atoms with van der Waals surface area (Å²) < 4.78 is 59.7. The molecule has 7 nitrogen and oxygen atoms in total. The Hall–Kier alpha value is -1.13. The molecule has 0 aromatic carbocycles. The Morgan fingerprint density at radius 2 is 1.87 bits per heavy atom. The van der Waals surface area contributed by atoms with Crippen molar-refractivity contribution in [3.63, 3.8) is 0 Å². The van der Waals surface area contributed by atoms with Crippen molar-refractivity contribution in [2.75, 3.05) is 26.9 Å². The summed E-state index contributed by atoms with van der Waals surface area (Å²) in [7, 11) is 1.34. The lowest BCUT2D eigenvalue weighted by Gasteiger charge is -2.61. The molecule has 5 fully saturated rings. The third kappa shape index (κ3) is 3.14. The molecular weight excluding hydrogens is 498 g/mol. The van der Waals surface area contributed by atoms with Gasteiger partial charge in [-0.25, -0.2) is 8.78 Å². The quantitative estimate of drug-likeness (QED) is 0.475. The number of alkyl halides is 2. The van der Waals surface area contributed by atoms with E-state index < -0.39 is 59.3 Å². The average molecular weight is 541 g/mol. The lowest BCUT2D eigenvalue weighted by Crippen LogP contribution is -2.67. The van der Waals surface area contributed by atoms with E-state index in [-0.39, 0.29) is 30.3 Å². The van der Waals surface area contributed by atoms with E-state index in [9.17, 15) is 14.3 Å². The Labute approximate surface area is 223 Å². The van der Waals surface area contributed by atoms with E-state index in [1.807, 2.05) is 13.8 Å². The molecule has 4 bridgehead atoms. The molecule has 12 atom stereocenters. The number of methoxy groups -OCH3 is 1. The Balaban J connectivity index is 1.45. The van der Waals surface area contributed by atoms with E-state index in [1.54, 1.807) is 6.92 Å². The number of carbonyl (C=O) groups is 1. The molecule has 38 heavy (non-hydrogen) atoms. The van der Waals surface area contributed by atoms with Crippen molar-refractivity contribution < 1.29 is 42.4 Å². The van der Waals surface area contributed by atoms with Crippen LogP contribution in [0.3, 0.4) is 0 Å². The van der Waals surface area contributed by atoms with Gasteiger partial charge in [0.1, 0.15) is 11.5 Å². The number of carboxylic acids is 1. The van der Waals surface area contributed by atoms with Gasteiger partial charge in [-0.15, -0.1) is 0 Å². The van der Waals surface area contributed by atoms with Gasteiger partial charge in [0.25, 0.3) is 0 Å². The summed E-state index contributed by atoms with van der Waals surface area (Å²) in [4.78, 5) is 13.9. The van der Waals surface area contributed by atoms with E-state index in [4.69, 9.17) is 23.7 Å². The Morgan fingerprint density at radius 3 is 2.50 bits per heavy atom. The van der Waals surface area contributed by atoms with Gasteiger partial charge in [-0.1, -0.05) is 38.8 Å². The average Bonchev–Trinajstić information content (AvgIpc) is 3.63. The van der Waals surface area contributed by atoms with Gasteiger partial charge in [-0.2, -0.15) is 0 Å². The number of halogens is 2. The number of hydrogen-bond donors (Lipinski definition) is 1. The van der Waals surface area contributed by atoms with Gasteiger partial charge in [0.2, 0.25) is 0 Å². The lowest BCUT2D eigenvalue weighted by atomic mass is 9.42. The molecule has 6 rings (SSSR count). The molecule has 2 heterocycles. The molecule has 1 N–H and O–H groups in total. The second-order valence-corrected chi connectivity index (χ2v) is 13.1. The third-order valence-electron chi connectivity index (χ3n) is 11.4. The normalized spacial score (nSPS) is 52.0. The van der Waals surface area contributed by atoms with Gasteiger partial charge >= 0.3 is 5.97 Å². The number of fused-ring (bicyclic) bond motifs is 2. The van der Waals surface area contributed by atoms with Crippen LogP contribution in [0.25, 0.3) is 0 Å². The van der Waals surface area contributed by atoms with Crippen molar-refractivity contribution in [1.29, 1.82) is 0 Å². The van der Waals surface area contributed by atoms with Gasteiger partial charge in [-0.05, 0) is 55.8 Å². The Kier molecular flexibility index (Phi) is 6.55. The minimum absolute atomic E-state index is 0.00973.